The van der Waals surface area contributed by atoms with E-state index in [4.69, 9.17) is 9.97 Å². The SMILES string of the molecule is CC.COC(=O)CCCCCCCc1ccc(Nc2nc(NC3CCCCC3)c3ncn(PI)c3n2)cc1. The van der Waals surface area contributed by atoms with Crippen molar-refractivity contribution in [2.75, 3.05) is 17.7 Å². The summed E-state index contributed by atoms with van der Waals surface area (Å²) in [7, 11) is 1.45. The Kier molecular flexibility index (Phi) is 13.5. The fourth-order valence-corrected chi connectivity index (χ4v) is 6.07. The summed E-state index contributed by atoms with van der Waals surface area (Å²) in [6, 6.07) is 9.00. The lowest BCUT2D eigenvalue weighted by molar-refractivity contribution is -0.140. The van der Waals surface area contributed by atoms with Crippen molar-refractivity contribution in [2.45, 2.75) is 96.9 Å². The molecule has 2 N–H and O–H groups in total. The lowest BCUT2D eigenvalue weighted by atomic mass is 9.95. The maximum atomic E-state index is 11.2. The number of halogens is 1. The van der Waals surface area contributed by atoms with Crippen LogP contribution in [0.3, 0.4) is 0 Å². The minimum atomic E-state index is -0.110. The van der Waals surface area contributed by atoms with Gasteiger partial charge in [-0.2, -0.15) is 9.97 Å². The van der Waals surface area contributed by atoms with Crippen LogP contribution in [0.5, 0.6) is 0 Å². The number of unbranched alkanes of at least 4 members (excludes halogenated alkanes) is 4. The molecule has 0 radical (unpaired) electrons. The Bertz CT molecular complexity index is 1120. The first-order valence-electron chi connectivity index (χ1n) is 14.0. The third-order valence-electron chi connectivity index (χ3n) is 6.72. The minimum Gasteiger partial charge on any atom is -0.469 e. The molecule has 1 unspecified atom stereocenters. The largest absolute Gasteiger partial charge is 0.469 e. The smallest absolute Gasteiger partial charge is 0.305 e. The van der Waals surface area contributed by atoms with Gasteiger partial charge in [-0.1, -0.05) is 64.5 Å². The summed E-state index contributed by atoms with van der Waals surface area (Å²) >= 11 is 2.36. The highest BCUT2D eigenvalue weighted by molar-refractivity contribution is 14.2. The van der Waals surface area contributed by atoms with Crippen molar-refractivity contribution in [3.63, 3.8) is 0 Å². The van der Waals surface area contributed by atoms with Crippen LogP contribution in [0.25, 0.3) is 11.2 Å². The lowest BCUT2D eigenvalue weighted by Gasteiger charge is -2.23. The molecule has 208 valence electrons. The molecule has 3 aromatic rings. The molecule has 1 fully saturated rings. The molecular weight excluding hydrogens is 610 g/mol. The number of esters is 1. The van der Waals surface area contributed by atoms with Crippen LogP contribution < -0.4 is 10.6 Å². The Labute approximate surface area is 241 Å². The molecule has 0 spiro atoms. The summed E-state index contributed by atoms with van der Waals surface area (Å²) in [5.41, 5.74) is 4.01. The topological polar surface area (TPSA) is 94.0 Å². The normalized spacial score (nSPS) is 13.9. The van der Waals surface area contributed by atoms with E-state index in [-0.39, 0.29) is 5.97 Å². The average molecular weight is 653 g/mol. The second kappa shape index (κ2) is 16.9. The number of nitrogens with one attached hydrogen (secondary N) is 2. The number of benzene rings is 1. The number of carbonyl (C=O) groups is 1. The van der Waals surface area contributed by atoms with Gasteiger partial charge in [-0.25, -0.2) is 4.98 Å². The predicted molar refractivity (Wildman–Crippen MR) is 168 cm³/mol. The number of hydrogen-bond acceptors (Lipinski definition) is 7. The summed E-state index contributed by atoms with van der Waals surface area (Å²) < 4.78 is 6.76. The summed E-state index contributed by atoms with van der Waals surface area (Å²) in [5, 5.41) is 7.06. The van der Waals surface area contributed by atoms with E-state index in [0.29, 0.717) is 24.8 Å². The molecular formula is C28H42IN6O2P. The number of aromatic nitrogens is 4. The molecule has 0 bridgehead atoms. The molecule has 2 aromatic heterocycles. The van der Waals surface area contributed by atoms with Crippen LogP contribution in [0.1, 0.15) is 90.0 Å². The number of imidazole rings is 1. The number of aryl methyl sites for hydroxylation is 1. The number of carbonyl (C=O) groups excluding carboxylic acids is 1. The zero-order chi connectivity index (χ0) is 27.2. The predicted octanol–water partition coefficient (Wildman–Crippen LogP) is 8.19. The van der Waals surface area contributed by atoms with Gasteiger partial charge in [0.05, 0.1) is 13.5 Å². The van der Waals surface area contributed by atoms with Gasteiger partial charge in [0.15, 0.2) is 17.0 Å². The highest BCUT2D eigenvalue weighted by Gasteiger charge is 2.18. The first-order valence-corrected chi connectivity index (χ1v) is 18.0. The molecule has 8 nitrogen and oxygen atoms in total. The zero-order valence-corrected chi connectivity index (χ0v) is 26.1. The van der Waals surface area contributed by atoms with Gasteiger partial charge in [0, 0.05) is 18.2 Å². The van der Waals surface area contributed by atoms with Crippen LogP contribution in [0.2, 0.25) is 0 Å². The molecule has 1 saturated carbocycles. The second-order valence-corrected chi connectivity index (χ2v) is 11.5. The van der Waals surface area contributed by atoms with Crippen molar-refractivity contribution in [1.29, 1.82) is 0 Å². The zero-order valence-electron chi connectivity index (χ0n) is 22.9. The molecule has 1 aliphatic carbocycles. The van der Waals surface area contributed by atoms with E-state index in [2.05, 4.69) is 71.0 Å². The summed E-state index contributed by atoms with van der Waals surface area (Å²) in [4.78, 5) is 25.4. The van der Waals surface area contributed by atoms with Crippen molar-refractivity contribution in [2.24, 2.45) is 0 Å². The van der Waals surface area contributed by atoms with Crippen LogP contribution >= 0.6 is 28.4 Å². The van der Waals surface area contributed by atoms with Gasteiger partial charge in [-0.05, 0) is 71.8 Å². The summed E-state index contributed by atoms with van der Waals surface area (Å²) in [6.07, 6.45) is 15.7. The van der Waals surface area contributed by atoms with Crippen molar-refractivity contribution >= 4 is 63.0 Å². The molecule has 1 aromatic carbocycles. The quantitative estimate of drug-likeness (QED) is 0.0833. The van der Waals surface area contributed by atoms with E-state index in [0.717, 1.165) is 54.8 Å². The lowest BCUT2D eigenvalue weighted by Crippen LogP contribution is -2.23. The van der Waals surface area contributed by atoms with E-state index in [1.54, 1.807) is 0 Å². The van der Waals surface area contributed by atoms with Crippen LogP contribution in [0, 0.1) is 0 Å². The molecule has 0 amide bonds. The van der Waals surface area contributed by atoms with Gasteiger partial charge in [0.25, 0.3) is 0 Å². The first kappa shape index (κ1) is 30.5. The molecule has 1 aliphatic rings. The third kappa shape index (κ3) is 9.33. The Morgan fingerprint density at radius 2 is 1.76 bits per heavy atom. The number of fused-ring (bicyclic) bond motifs is 1. The monoisotopic (exact) mass is 652 g/mol. The number of ether oxygens (including phenoxy) is 1. The van der Waals surface area contributed by atoms with Crippen molar-refractivity contribution in [1.82, 2.24) is 19.3 Å². The number of anilines is 3. The minimum absolute atomic E-state index is 0.110. The van der Waals surface area contributed by atoms with Crippen LogP contribution in [-0.2, 0) is 16.0 Å². The van der Waals surface area contributed by atoms with Crippen molar-refractivity contribution < 1.29 is 9.53 Å². The Morgan fingerprint density at radius 1 is 1.05 bits per heavy atom. The van der Waals surface area contributed by atoms with Gasteiger partial charge < -0.3 is 15.4 Å². The molecule has 2 heterocycles. The number of hydrogen-bond donors (Lipinski definition) is 2. The standard InChI is InChI=1S/C26H36IN6O2P.C2H6/c1-35-22(34)13-9-4-2-3-6-10-19-14-16-21(17-15-19)30-26-31-24(29-20-11-7-5-8-12-20)23-25(32-26)33(36-27)18-28-23;1-2/h14-18,20,36H,2-13H2,1H3,(H2,29,30,31,32);1-2H3. The number of rotatable bonds is 13. The van der Waals surface area contributed by atoms with E-state index >= 15 is 0 Å². The van der Waals surface area contributed by atoms with Crippen molar-refractivity contribution in [3.05, 3.63) is 36.2 Å². The molecule has 1 atom stereocenters. The highest BCUT2D eigenvalue weighted by Crippen LogP contribution is 2.32. The highest BCUT2D eigenvalue weighted by atomic mass is 127. The third-order valence-corrected chi connectivity index (χ3v) is 8.79. The summed E-state index contributed by atoms with van der Waals surface area (Å²) in [6.45, 7) is 4.00. The Hall–Kier alpha value is -2.00. The van der Waals surface area contributed by atoms with Gasteiger partial charge in [-0.15, -0.1) is 0 Å². The van der Waals surface area contributed by atoms with Crippen molar-refractivity contribution in [3.8, 4) is 0 Å². The van der Waals surface area contributed by atoms with Crippen LogP contribution in [0.4, 0.5) is 17.5 Å². The van der Waals surface area contributed by atoms with E-state index in [9.17, 15) is 4.79 Å². The van der Waals surface area contributed by atoms with Crippen LogP contribution in [0.15, 0.2) is 30.6 Å². The number of nitrogens with zero attached hydrogens (tertiary/aromatic N) is 4. The fourth-order valence-electron chi connectivity index (χ4n) is 4.67. The van der Waals surface area contributed by atoms with Crippen LogP contribution in [-0.4, -0.2) is 38.4 Å². The maximum Gasteiger partial charge on any atom is 0.305 e. The number of methoxy groups -OCH3 is 1. The van der Waals surface area contributed by atoms with Gasteiger partial charge >= 0.3 is 5.97 Å². The second-order valence-electron chi connectivity index (χ2n) is 9.41. The van der Waals surface area contributed by atoms with E-state index < -0.39 is 0 Å². The van der Waals surface area contributed by atoms with E-state index in [1.165, 1.54) is 51.2 Å². The molecule has 10 heteroatoms. The Morgan fingerprint density at radius 3 is 2.47 bits per heavy atom. The Balaban J connectivity index is 0.00000195. The van der Waals surface area contributed by atoms with E-state index in [1.807, 2.05) is 20.2 Å². The molecule has 4 rings (SSSR count). The molecule has 38 heavy (non-hydrogen) atoms. The summed E-state index contributed by atoms with van der Waals surface area (Å²) in [5.74, 6) is 1.31. The van der Waals surface area contributed by atoms with Gasteiger partial charge in [0.2, 0.25) is 5.95 Å². The average Bonchev–Trinajstić information content (AvgIpc) is 3.38. The fraction of sp³-hybridized carbons (Fsp3) is 0.571. The van der Waals surface area contributed by atoms with Gasteiger partial charge in [0.1, 0.15) is 6.33 Å². The molecule has 0 saturated heterocycles. The maximum absolute atomic E-state index is 11.2. The van der Waals surface area contributed by atoms with Gasteiger partial charge in [-0.3, -0.25) is 9.13 Å². The first-order chi connectivity index (χ1) is 18.7. The molecule has 0 aliphatic heterocycles.